The Morgan fingerprint density at radius 3 is 2.62 bits per heavy atom. The van der Waals surface area contributed by atoms with Crippen molar-refractivity contribution in [3.8, 4) is 0 Å². The first kappa shape index (κ1) is 10.4. The van der Waals surface area contributed by atoms with Gasteiger partial charge in [-0.15, -0.1) is 0 Å². The van der Waals surface area contributed by atoms with Crippen molar-refractivity contribution in [2.75, 3.05) is 0 Å². The van der Waals surface area contributed by atoms with Gasteiger partial charge in [0, 0.05) is 4.90 Å². The van der Waals surface area contributed by atoms with Crippen molar-refractivity contribution >= 4 is 11.8 Å². The zero-order valence-corrected chi connectivity index (χ0v) is 9.10. The Balaban J connectivity index is 0.000000251. The first-order valence-electron chi connectivity index (χ1n) is 4.78. The van der Waals surface area contributed by atoms with E-state index in [9.17, 15) is 0 Å². The van der Waals surface area contributed by atoms with Gasteiger partial charge in [-0.05, 0) is 23.5 Å². The van der Waals surface area contributed by atoms with Gasteiger partial charge in [-0.25, -0.2) is 0 Å². The van der Waals surface area contributed by atoms with E-state index in [0.29, 0.717) is 0 Å². The van der Waals surface area contributed by atoms with E-state index in [1.54, 1.807) is 0 Å². The molecule has 0 N–H and O–H groups in total. The molecule has 2 rings (SSSR count). The number of benzene rings is 1. The molecule has 1 aliphatic heterocycles. The number of fused-ring (bicyclic) bond motifs is 1. The van der Waals surface area contributed by atoms with Gasteiger partial charge < -0.3 is 0 Å². The summed E-state index contributed by atoms with van der Waals surface area (Å²) in [7, 11) is 0. The van der Waals surface area contributed by atoms with E-state index in [-0.39, 0.29) is 0 Å². The fraction of sp³-hybridized carbons (Fsp3) is 0.333. The van der Waals surface area contributed by atoms with Crippen LogP contribution in [0, 0.1) is 0 Å². The normalized spacial score (nSPS) is 12.8. The molecule has 0 amide bonds. The highest BCUT2D eigenvalue weighted by Crippen LogP contribution is 2.27. The van der Waals surface area contributed by atoms with Crippen LogP contribution in [0.1, 0.15) is 25.8 Å². The molecule has 0 radical (unpaired) electrons. The lowest BCUT2D eigenvalue weighted by Crippen LogP contribution is -1.87. The van der Waals surface area contributed by atoms with Gasteiger partial charge in [0.05, 0.1) is 0 Å². The molecule has 0 aromatic heterocycles. The third kappa shape index (κ3) is 3.27. The van der Waals surface area contributed by atoms with Crippen molar-refractivity contribution in [1.29, 1.82) is 0 Å². The number of thioether (sulfide) groups is 1. The topological polar surface area (TPSA) is 0 Å². The van der Waals surface area contributed by atoms with Crippen LogP contribution in [0.3, 0.4) is 0 Å². The molecule has 0 saturated carbocycles. The Kier molecular flexibility index (Phi) is 4.69. The number of allylic oxidation sites excluding steroid dienone is 1. The van der Waals surface area contributed by atoms with Crippen LogP contribution in [0.5, 0.6) is 0 Å². The Morgan fingerprint density at radius 2 is 1.92 bits per heavy atom. The highest BCUT2D eigenvalue weighted by atomic mass is 32.2. The fourth-order valence-electron chi connectivity index (χ4n) is 1.08. The fourth-order valence-corrected chi connectivity index (χ4v) is 1.88. The maximum Gasteiger partial charge on any atom is 0.0151 e. The largest absolute Gasteiger partial charge is 0.0981 e. The maximum atomic E-state index is 2.20. The second-order valence-electron chi connectivity index (χ2n) is 3.01. The summed E-state index contributed by atoms with van der Waals surface area (Å²) in [4.78, 5) is 1.41. The molecular formula is C12H16S. The summed E-state index contributed by atoms with van der Waals surface area (Å²) in [6, 6.07) is 8.54. The molecule has 0 fully saturated rings. The van der Waals surface area contributed by atoms with Crippen molar-refractivity contribution in [3.05, 3.63) is 41.3 Å². The summed E-state index contributed by atoms with van der Waals surface area (Å²) in [5, 5.41) is 2.16. The molecule has 0 saturated heterocycles. The molecule has 0 atom stereocenters. The predicted molar refractivity (Wildman–Crippen MR) is 61.1 cm³/mol. The average Bonchev–Trinajstić information content (AvgIpc) is 2.19. The molecule has 70 valence electrons. The van der Waals surface area contributed by atoms with E-state index in [1.807, 2.05) is 11.8 Å². The van der Waals surface area contributed by atoms with Crippen LogP contribution in [-0.4, -0.2) is 0 Å². The highest BCUT2D eigenvalue weighted by Gasteiger charge is 2.01. The predicted octanol–water partition coefficient (Wildman–Crippen LogP) is 4.26. The zero-order chi connectivity index (χ0) is 9.52. The minimum absolute atomic E-state index is 1.10. The first-order valence-corrected chi connectivity index (χ1v) is 5.66. The van der Waals surface area contributed by atoms with E-state index < -0.39 is 0 Å². The lowest BCUT2D eigenvalue weighted by Gasteiger charge is -2.07. The van der Waals surface area contributed by atoms with E-state index in [4.69, 9.17) is 0 Å². The maximum absolute atomic E-state index is 2.20. The molecule has 1 heterocycles. The second kappa shape index (κ2) is 5.87. The van der Waals surface area contributed by atoms with Crippen LogP contribution in [0.4, 0.5) is 0 Å². The summed E-state index contributed by atoms with van der Waals surface area (Å²) in [6.45, 7) is 4.25. The lowest BCUT2D eigenvalue weighted by molar-refractivity contribution is 1.09. The van der Waals surface area contributed by atoms with Crippen molar-refractivity contribution < 1.29 is 0 Å². The van der Waals surface area contributed by atoms with Gasteiger partial charge in [0.2, 0.25) is 0 Å². The monoisotopic (exact) mass is 192 g/mol. The molecule has 0 aliphatic carbocycles. The van der Waals surface area contributed by atoms with Crippen LogP contribution in [0.15, 0.2) is 40.6 Å². The summed E-state index contributed by atoms with van der Waals surface area (Å²) in [5.41, 5.74) is 1.45. The molecule has 0 unspecified atom stereocenters. The van der Waals surface area contributed by atoms with Gasteiger partial charge >= 0.3 is 0 Å². The van der Waals surface area contributed by atoms with Crippen molar-refractivity contribution in [2.24, 2.45) is 0 Å². The number of hydrogen-bond acceptors (Lipinski definition) is 1. The molecule has 0 spiro atoms. The molecule has 0 bridgehead atoms. The SMILES string of the molecule is C1=CSc2ccccc2C1.CCC. The summed E-state index contributed by atoms with van der Waals surface area (Å²) >= 11 is 1.81. The number of hydrogen-bond donors (Lipinski definition) is 0. The van der Waals surface area contributed by atoms with E-state index >= 15 is 0 Å². The van der Waals surface area contributed by atoms with Gasteiger partial charge in [-0.1, -0.05) is 56.3 Å². The van der Waals surface area contributed by atoms with Crippen molar-refractivity contribution in [3.63, 3.8) is 0 Å². The standard InChI is InChI=1S/C9H8S.C3H8/c1-2-6-9-8(4-1)5-3-7-10-9;1-3-2/h1-4,6-7H,5H2;3H2,1-2H3. The van der Waals surface area contributed by atoms with E-state index in [2.05, 4.69) is 49.6 Å². The van der Waals surface area contributed by atoms with Crippen LogP contribution in [0.25, 0.3) is 0 Å². The van der Waals surface area contributed by atoms with Gasteiger partial charge in [-0.2, -0.15) is 0 Å². The second-order valence-corrected chi connectivity index (χ2v) is 3.96. The summed E-state index contributed by atoms with van der Waals surface area (Å²) in [5.74, 6) is 0. The minimum atomic E-state index is 1.10. The molecule has 0 nitrogen and oxygen atoms in total. The van der Waals surface area contributed by atoms with Crippen LogP contribution in [-0.2, 0) is 6.42 Å². The first-order chi connectivity index (χ1) is 6.38. The van der Waals surface area contributed by atoms with Crippen molar-refractivity contribution in [2.45, 2.75) is 31.6 Å². The quantitative estimate of drug-likeness (QED) is 0.591. The third-order valence-corrected chi connectivity index (χ3v) is 2.58. The smallest absolute Gasteiger partial charge is 0.0151 e. The molecular weight excluding hydrogens is 176 g/mol. The Labute approximate surface area is 85.1 Å². The molecule has 1 aromatic rings. The van der Waals surface area contributed by atoms with Gasteiger partial charge in [0.1, 0.15) is 0 Å². The Morgan fingerprint density at radius 1 is 1.23 bits per heavy atom. The van der Waals surface area contributed by atoms with Crippen LogP contribution < -0.4 is 0 Å². The summed E-state index contributed by atoms with van der Waals surface area (Å²) < 4.78 is 0. The average molecular weight is 192 g/mol. The van der Waals surface area contributed by atoms with Gasteiger partial charge in [0.25, 0.3) is 0 Å². The van der Waals surface area contributed by atoms with E-state index in [1.165, 1.54) is 16.9 Å². The third-order valence-electron chi connectivity index (χ3n) is 1.60. The minimum Gasteiger partial charge on any atom is -0.0981 e. The van der Waals surface area contributed by atoms with E-state index in [0.717, 1.165) is 6.42 Å². The zero-order valence-electron chi connectivity index (χ0n) is 8.29. The van der Waals surface area contributed by atoms with Crippen molar-refractivity contribution in [1.82, 2.24) is 0 Å². The molecule has 1 aromatic carbocycles. The van der Waals surface area contributed by atoms with Gasteiger partial charge in [0.15, 0.2) is 0 Å². The molecule has 1 aliphatic rings. The number of rotatable bonds is 0. The Bertz CT molecular complexity index is 249. The molecule has 13 heavy (non-hydrogen) atoms. The summed E-state index contributed by atoms with van der Waals surface area (Å²) in [6.07, 6.45) is 4.55. The Hall–Kier alpha value is -0.690. The van der Waals surface area contributed by atoms with Crippen LogP contribution in [0.2, 0.25) is 0 Å². The highest BCUT2D eigenvalue weighted by molar-refractivity contribution is 8.02. The lowest BCUT2D eigenvalue weighted by atomic mass is 10.1. The molecule has 1 heteroatoms. The van der Waals surface area contributed by atoms with Gasteiger partial charge in [-0.3, -0.25) is 0 Å². The van der Waals surface area contributed by atoms with Crippen LogP contribution >= 0.6 is 11.8 Å².